The van der Waals surface area contributed by atoms with Gasteiger partial charge in [0.1, 0.15) is 6.04 Å². The number of fused-ring (bicyclic) bond motifs is 1. The van der Waals surface area contributed by atoms with Gasteiger partial charge >= 0.3 is 0 Å². The van der Waals surface area contributed by atoms with Gasteiger partial charge in [0, 0.05) is 25.2 Å². The quantitative estimate of drug-likeness (QED) is 0.896. The van der Waals surface area contributed by atoms with Crippen molar-refractivity contribution in [3.8, 4) is 0 Å². The van der Waals surface area contributed by atoms with E-state index in [9.17, 15) is 4.79 Å². The minimum atomic E-state index is -0.114. The molecule has 2 aliphatic heterocycles. The van der Waals surface area contributed by atoms with Crippen molar-refractivity contribution >= 4 is 11.6 Å². The molecule has 1 atom stereocenters. The number of carbonyl (C=O) groups excluding carboxylic acids is 1. The number of hydrogen-bond acceptors (Lipinski definition) is 3. The second-order valence-electron chi connectivity index (χ2n) is 6.70. The van der Waals surface area contributed by atoms with Crippen LogP contribution >= 0.6 is 0 Å². The predicted molar refractivity (Wildman–Crippen MR) is 90.3 cm³/mol. The normalized spacial score (nSPS) is 21.3. The maximum Gasteiger partial charge on any atom is 0.242 e. The number of nitrogens with zero attached hydrogens (tertiary/aromatic N) is 1. The molecule has 0 spiro atoms. The van der Waals surface area contributed by atoms with E-state index >= 15 is 0 Å². The lowest BCUT2D eigenvalue weighted by Gasteiger charge is -2.26. The number of likely N-dealkylation sites (tertiary alicyclic amines) is 1. The van der Waals surface area contributed by atoms with Gasteiger partial charge in [0.2, 0.25) is 5.91 Å². The average Bonchev–Trinajstić information content (AvgIpc) is 2.92. The third-order valence-corrected chi connectivity index (χ3v) is 4.85. The third-order valence-electron chi connectivity index (χ3n) is 4.85. The van der Waals surface area contributed by atoms with Crippen molar-refractivity contribution in [2.75, 3.05) is 31.5 Å². The summed E-state index contributed by atoms with van der Waals surface area (Å²) in [5.74, 6) is 0.130. The van der Waals surface area contributed by atoms with Crippen LogP contribution in [0.1, 0.15) is 36.0 Å². The van der Waals surface area contributed by atoms with Crippen LogP contribution in [0.5, 0.6) is 0 Å². The smallest absolute Gasteiger partial charge is 0.242 e. The summed E-state index contributed by atoms with van der Waals surface area (Å²) in [6.07, 6.45) is 4.75. The lowest BCUT2D eigenvalue weighted by atomic mass is 10.0. The zero-order valence-corrected chi connectivity index (χ0v) is 13.7. The van der Waals surface area contributed by atoms with Crippen LogP contribution in [0.2, 0.25) is 0 Å². The van der Waals surface area contributed by atoms with E-state index in [0.717, 1.165) is 25.2 Å². The van der Waals surface area contributed by atoms with Crippen LogP contribution in [-0.2, 0) is 11.2 Å². The summed E-state index contributed by atoms with van der Waals surface area (Å²) in [6, 6.07) is 4.22. The zero-order valence-electron chi connectivity index (χ0n) is 13.7. The summed E-state index contributed by atoms with van der Waals surface area (Å²) < 4.78 is 0. The molecule has 0 bridgehead atoms. The number of hydrogen-bond donors (Lipinski definition) is 2. The van der Waals surface area contributed by atoms with E-state index in [2.05, 4.69) is 41.5 Å². The van der Waals surface area contributed by atoms with Crippen LogP contribution in [0.15, 0.2) is 12.1 Å². The van der Waals surface area contributed by atoms with Crippen LogP contribution in [0.25, 0.3) is 0 Å². The Bertz CT molecular complexity index is 550. The highest BCUT2D eigenvalue weighted by atomic mass is 16.2. The van der Waals surface area contributed by atoms with E-state index in [1.54, 1.807) is 0 Å². The third kappa shape index (κ3) is 3.43. The molecule has 0 aromatic heterocycles. The Morgan fingerprint density at radius 3 is 2.82 bits per heavy atom. The number of anilines is 1. The Kier molecular flexibility index (Phi) is 4.67. The number of aryl methyl sites for hydroxylation is 2. The lowest BCUT2D eigenvalue weighted by molar-refractivity contribution is -0.121. The van der Waals surface area contributed by atoms with Gasteiger partial charge in [-0.25, -0.2) is 0 Å². The molecule has 0 saturated carbocycles. The summed E-state index contributed by atoms with van der Waals surface area (Å²) in [7, 11) is 0. The van der Waals surface area contributed by atoms with Gasteiger partial charge in [-0.3, -0.25) is 4.79 Å². The number of piperidine rings is 1. The first-order chi connectivity index (χ1) is 10.6. The fraction of sp³-hybridized carbons (Fsp3) is 0.611. The molecule has 0 radical (unpaired) electrons. The Balaban J connectivity index is 1.49. The van der Waals surface area contributed by atoms with Crippen LogP contribution in [0.3, 0.4) is 0 Å². The van der Waals surface area contributed by atoms with Crippen molar-refractivity contribution in [3.05, 3.63) is 28.8 Å². The zero-order chi connectivity index (χ0) is 15.5. The van der Waals surface area contributed by atoms with E-state index < -0.39 is 0 Å². The van der Waals surface area contributed by atoms with Gasteiger partial charge in [0.05, 0.1) is 0 Å². The van der Waals surface area contributed by atoms with E-state index in [1.165, 1.54) is 49.0 Å². The number of amides is 1. The standard InChI is InChI=1S/C18H27N3O/c1-13-10-14(2)15-12-17(20-16(15)11-13)18(22)19-6-9-21-7-4-3-5-8-21/h10-11,17,20H,3-9,12H2,1-2H3,(H,19,22). The molecule has 2 aliphatic rings. The summed E-state index contributed by atoms with van der Waals surface area (Å²) in [6.45, 7) is 8.32. The largest absolute Gasteiger partial charge is 0.373 e. The Morgan fingerprint density at radius 2 is 2.05 bits per heavy atom. The first kappa shape index (κ1) is 15.3. The summed E-state index contributed by atoms with van der Waals surface area (Å²) in [5.41, 5.74) is 4.96. The summed E-state index contributed by atoms with van der Waals surface area (Å²) in [4.78, 5) is 14.8. The molecule has 1 aromatic carbocycles. The monoisotopic (exact) mass is 301 g/mol. The molecule has 3 rings (SSSR count). The second-order valence-corrected chi connectivity index (χ2v) is 6.70. The minimum absolute atomic E-state index is 0.114. The molecule has 1 aromatic rings. The van der Waals surface area contributed by atoms with Crippen molar-refractivity contribution in [2.24, 2.45) is 0 Å². The SMILES string of the molecule is Cc1cc(C)c2c(c1)NC(C(=O)NCCN1CCCCC1)C2. The Labute approximate surface area is 133 Å². The van der Waals surface area contributed by atoms with Gasteiger partial charge in [0.25, 0.3) is 0 Å². The van der Waals surface area contributed by atoms with Gasteiger partial charge in [0.15, 0.2) is 0 Å². The maximum atomic E-state index is 12.4. The van der Waals surface area contributed by atoms with Crippen LogP contribution < -0.4 is 10.6 Å². The molecule has 1 unspecified atom stereocenters. The van der Waals surface area contributed by atoms with Gasteiger partial charge in [-0.15, -0.1) is 0 Å². The fourth-order valence-corrected chi connectivity index (χ4v) is 3.64. The van der Waals surface area contributed by atoms with E-state index in [4.69, 9.17) is 0 Å². The topological polar surface area (TPSA) is 44.4 Å². The average molecular weight is 301 g/mol. The van der Waals surface area contributed by atoms with Crippen LogP contribution in [-0.4, -0.2) is 43.0 Å². The molecule has 4 nitrogen and oxygen atoms in total. The highest BCUT2D eigenvalue weighted by Crippen LogP contribution is 2.30. The molecule has 1 amide bonds. The summed E-state index contributed by atoms with van der Waals surface area (Å²) in [5, 5.41) is 6.48. The molecular formula is C18H27N3O. The first-order valence-corrected chi connectivity index (χ1v) is 8.50. The Morgan fingerprint density at radius 1 is 1.27 bits per heavy atom. The van der Waals surface area contributed by atoms with Gasteiger partial charge in [-0.1, -0.05) is 12.5 Å². The second kappa shape index (κ2) is 6.69. The molecule has 4 heteroatoms. The van der Waals surface area contributed by atoms with Gasteiger partial charge < -0.3 is 15.5 Å². The number of nitrogens with one attached hydrogen (secondary N) is 2. The van der Waals surface area contributed by atoms with Crippen molar-refractivity contribution in [1.82, 2.24) is 10.2 Å². The molecule has 22 heavy (non-hydrogen) atoms. The van der Waals surface area contributed by atoms with Crippen molar-refractivity contribution in [2.45, 2.75) is 45.6 Å². The molecule has 2 heterocycles. The van der Waals surface area contributed by atoms with Gasteiger partial charge in [-0.2, -0.15) is 0 Å². The van der Waals surface area contributed by atoms with Crippen molar-refractivity contribution < 1.29 is 4.79 Å². The van der Waals surface area contributed by atoms with E-state index in [-0.39, 0.29) is 11.9 Å². The molecule has 2 N–H and O–H groups in total. The molecule has 1 saturated heterocycles. The number of benzene rings is 1. The van der Waals surface area contributed by atoms with Crippen LogP contribution in [0, 0.1) is 13.8 Å². The molecule has 120 valence electrons. The Hall–Kier alpha value is -1.55. The van der Waals surface area contributed by atoms with Crippen LogP contribution in [0.4, 0.5) is 5.69 Å². The number of carbonyl (C=O) groups is 1. The predicted octanol–water partition coefficient (Wildman–Crippen LogP) is 2.24. The molecule has 1 fully saturated rings. The number of rotatable bonds is 4. The summed E-state index contributed by atoms with van der Waals surface area (Å²) >= 11 is 0. The lowest BCUT2D eigenvalue weighted by Crippen LogP contribution is -2.43. The highest BCUT2D eigenvalue weighted by Gasteiger charge is 2.27. The highest BCUT2D eigenvalue weighted by molar-refractivity contribution is 5.87. The van der Waals surface area contributed by atoms with E-state index in [0.29, 0.717) is 0 Å². The fourth-order valence-electron chi connectivity index (χ4n) is 3.64. The van der Waals surface area contributed by atoms with Crippen molar-refractivity contribution in [1.29, 1.82) is 0 Å². The molecule has 0 aliphatic carbocycles. The van der Waals surface area contributed by atoms with Gasteiger partial charge in [-0.05, 0) is 62.5 Å². The minimum Gasteiger partial charge on any atom is -0.373 e. The first-order valence-electron chi connectivity index (χ1n) is 8.50. The van der Waals surface area contributed by atoms with E-state index in [1.807, 2.05) is 0 Å². The van der Waals surface area contributed by atoms with Crippen molar-refractivity contribution in [3.63, 3.8) is 0 Å². The maximum absolute atomic E-state index is 12.4. The molecular weight excluding hydrogens is 274 g/mol.